The third-order valence-corrected chi connectivity index (χ3v) is 2.04. The summed E-state index contributed by atoms with van der Waals surface area (Å²) in [5, 5.41) is 3.39. The molecule has 0 atom stereocenters. The van der Waals surface area contributed by atoms with Gasteiger partial charge in [-0.15, -0.1) is 0 Å². The summed E-state index contributed by atoms with van der Waals surface area (Å²) in [4.78, 5) is 1.16. The Balaban J connectivity index is 2.66. The van der Waals surface area contributed by atoms with Gasteiger partial charge in [0.25, 0.3) is 0 Å². The minimum Gasteiger partial charge on any atom is -0.323 e. The van der Waals surface area contributed by atoms with Gasteiger partial charge in [0.2, 0.25) is 0 Å². The van der Waals surface area contributed by atoms with Crippen molar-refractivity contribution < 1.29 is 0 Å². The van der Waals surface area contributed by atoms with Gasteiger partial charge in [-0.1, -0.05) is 29.5 Å². The zero-order valence-electron chi connectivity index (χ0n) is 6.32. The summed E-state index contributed by atoms with van der Waals surface area (Å²) in [7, 11) is 0. The number of thioether (sulfide) groups is 1. The second-order valence-electron chi connectivity index (χ2n) is 2.19. The quantitative estimate of drug-likeness (QED) is 0.240. The fourth-order valence-electron chi connectivity index (χ4n) is 0.708. The fourth-order valence-corrected chi connectivity index (χ4v) is 1.18. The lowest BCUT2D eigenvalue weighted by Crippen LogP contribution is -1.78. The predicted molar refractivity (Wildman–Crippen MR) is 49.7 cm³/mol. The van der Waals surface area contributed by atoms with Gasteiger partial charge in [0.15, 0.2) is 0 Å². The van der Waals surface area contributed by atoms with E-state index in [1.165, 1.54) is 17.3 Å². The first-order chi connectivity index (χ1) is 5.33. The van der Waals surface area contributed by atoms with E-state index in [2.05, 4.69) is 24.2 Å². The van der Waals surface area contributed by atoms with Gasteiger partial charge in [0.1, 0.15) is 0 Å². The first-order valence-electron chi connectivity index (χ1n) is 3.28. The Bertz CT molecular complexity index is 241. The van der Waals surface area contributed by atoms with E-state index in [0.717, 1.165) is 4.90 Å². The van der Waals surface area contributed by atoms with Crippen molar-refractivity contribution in [3.63, 3.8) is 0 Å². The van der Waals surface area contributed by atoms with Crippen LogP contribution in [0, 0.1) is 6.92 Å². The van der Waals surface area contributed by atoms with E-state index < -0.39 is 0 Å². The van der Waals surface area contributed by atoms with E-state index in [4.69, 9.17) is 5.84 Å². The number of aryl methyl sites for hydroxylation is 1. The third-order valence-electron chi connectivity index (χ3n) is 1.27. The summed E-state index contributed by atoms with van der Waals surface area (Å²) in [5.74, 6) is 4.95. The van der Waals surface area contributed by atoms with Crippen LogP contribution in [-0.4, -0.2) is 5.55 Å². The highest BCUT2D eigenvalue weighted by atomic mass is 32.2. The third kappa shape index (κ3) is 2.63. The van der Waals surface area contributed by atoms with Gasteiger partial charge in [0, 0.05) is 4.90 Å². The van der Waals surface area contributed by atoms with Crippen LogP contribution in [0.3, 0.4) is 0 Å². The average molecular weight is 166 g/mol. The molecule has 0 unspecified atom stereocenters. The van der Waals surface area contributed by atoms with Crippen LogP contribution in [-0.2, 0) is 0 Å². The smallest absolute Gasteiger partial charge is 0.0842 e. The Labute approximate surface area is 70.5 Å². The molecule has 0 aliphatic rings. The molecule has 0 saturated carbocycles. The van der Waals surface area contributed by atoms with Gasteiger partial charge in [-0.3, -0.25) is 0 Å². The Morgan fingerprint density at radius 1 is 1.36 bits per heavy atom. The van der Waals surface area contributed by atoms with Gasteiger partial charge in [-0.05, 0) is 19.1 Å². The highest BCUT2D eigenvalue weighted by Crippen LogP contribution is 2.14. The van der Waals surface area contributed by atoms with Crippen molar-refractivity contribution >= 4 is 17.3 Å². The molecule has 0 fully saturated rings. The van der Waals surface area contributed by atoms with Crippen LogP contribution in [0.15, 0.2) is 34.3 Å². The number of rotatable bonds is 2. The van der Waals surface area contributed by atoms with Crippen molar-refractivity contribution in [2.45, 2.75) is 11.8 Å². The van der Waals surface area contributed by atoms with Crippen LogP contribution in [0.1, 0.15) is 5.56 Å². The van der Waals surface area contributed by atoms with E-state index in [9.17, 15) is 0 Å². The van der Waals surface area contributed by atoms with Crippen molar-refractivity contribution in [3.05, 3.63) is 29.8 Å². The average Bonchev–Trinajstić information content (AvgIpc) is 2.04. The molecular formula is C8H10N2S. The maximum absolute atomic E-state index is 4.95. The molecule has 0 radical (unpaired) electrons. The van der Waals surface area contributed by atoms with E-state index in [0.29, 0.717) is 0 Å². The van der Waals surface area contributed by atoms with Crippen molar-refractivity contribution in [1.82, 2.24) is 0 Å². The second-order valence-corrected chi connectivity index (χ2v) is 3.10. The van der Waals surface area contributed by atoms with Crippen LogP contribution in [0.2, 0.25) is 0 Å². The highest BCUT2D eigenvalue weighted by Gasteiger charge is 1.88. The van der Waals surface area contributed by atoms with E-state index in [-0.39, 0.29) is 0 Å². The summed E-state index contributed by atoms with van der Waals surface area (Å²) in [6, 6.07) is 8.21. The van der Waals surface area contributed by atoms with Gasteiger partial charge in [0.05, 0.1) is 5.55 Å². The SMILES string of the molecule is Cc1ccc(S/C=N/N)cc1. The monoisotopic (exact) mass is 166 g/mol. The standard InChI is InChI=1S/C8H10N2S/c1-7-2-4-8(5-3-7)11-6-10-9/h2-6H,9H2,1H3/b10-6+. The van der Waals surface area contributed by atoms with Crippen molar-refractivity contribution in [2.24, 2.45) is 10.9 Å². The first kappa shape index (κ1) is 8.14. The molecule has 1 rings (SSSR count). The lowest BCUT2D eigenvalue weighted by atomic mass is 10.2. The van der Waals surface area contributed by atoms with E-state index in [1.54, 1.807) is 5.55 Å². The van der Waals surface area contributed by atoms with Crippen molar-refractivity contribution in [1.29, 1.82) is 0 Å². The minimum atomic E-state index is 1.16. The molecule has 3 heteroatoms. The predicted octanol–water partition coefficient (Wildman–Crippen LogP) is 1.99. The zero-order valence-corrected chi connectivity index (χ0v) is 7.14. The molecular weight excluding hydrogens is 156 g/mol. The molecule has 0 saturated heterocycles. The molecule has 0 heterocycles. The topological polar surface area (TPSA) is 38.4 Å². The summed E-state index contributed by atoms with van der Waals surface area (Å²) in [6.45, 7) is 2.06. The molecule has 1 aromatic carbocycles. The Morgan fingerprint density at radius 3 is 2.55 bits per heavy atom. The van der Waals surface area contributed by atoms with Crippen molar-refractivity contribution in [2.75, 3.05) is 0 Å². The molecule has 11 heavy (non-hydrogen) atoms. The van der Waals surface area contributed by atoms with Crippen LogP contribution >= 0.6 is 11.8 Å². The molecule has 2 nitrogen and oxygen atoms in total. The zero-order chi connectivity index (χ0) is 8.10. The molecule has 0 spiro atoms. The molecule has 1 aromatic rings. The molecule has 0 aromatic heterocycles. The lowest BCUT2D eigenvalue weighted by molar-refractivity contribution is 1.27. The molecule has 0 bridgehead atoms. The molecule has 58 valence electrons. The number of hydrogen-bond donors (Lipinski definition) is 1. The Hall–Kier alpha value is -0.960. The largest absolute Gasteiger partial charge is 0.323 e. The molecule has 0 aliphatic carbocycles. The summed E-state index contributed by atoms with van der Waals surface area (Å²) < 4.78 is 0. The maximum Gasteiger partial charge on any atom is 0.0842 e. The normalized spacial score (nSPS) is 10.6. The molecule has 0 amide bonds. The van der Waals surface area contributed by atoms with Gasteiger partial charge in [-0.2, -0.15) is 5.10 Å². The second kappa shape index (κ2) is 4.03. The van der Waals surface area contributed by atoms with Crippen LogP contribution < -0.4 is 5.84 Å². The van der Waals surface area contributed by atoms with Gasteiger partial charge < -0.3 is 5.84 Å². The number of hydrogen-bond acceptors (Lipinski definition) is 3. The van der Waals surface area contributed by atoms with Crippen LogP contribution in [0.4, 0.5) is 0 Å². The number of nitrogens with two attached hydrogens (primary N) is 1. The van der Waals surface area contributed by atoms with Crippen LogP contribution in [0.25, 0.3) is 0 Å². The van der Waals surface area contributed by atoms with E-state index >= 15 is 0 Å². The van der Waals surface area contributed by atoms with Gasteiger partial charge in [-0.25, -0.2) is 0 Å². The summed E-state index contributed by atoms with van der Waals surface area (Å²) in [6.07, 6.45) is 0. The number of benzene rings is 1. The number of nitrogens with zero attached hydrogens (tertiary/aromatic N) is 1. The van der Waals surface area contributed by atoms with Gasteiger partial charge >= 0.3 is 0 Å². The maximum atomic E-state index is 4.95. The first-order valence-corrected chi connectivity index (χ1v) is 4.16. The lowest BCUT2D eigenvalue weighted by Gasteiger charge is -1.94. The number of hydrazone groups is 1. The minimum absolute atomic E-state index is 1.16. The van der Waals surface area contributed by atoms with E-state index in [1.807, 2.05) is 12.1 Å². The summed E-state index contributed by atoms with van der Waals surface area (Å²) in [5.41, 5.74) is 2.88. The van der Waals surface area contributed by atoms with Crippen molar-refractivity contribution in [3.8, 4) is 0 Å². The van der Waals surface area contributed by atoms with Crippen LogP contribution in [0.5, 0.6) is 0 Å². The molecule has 0 aliphatic heterocycles. The highest BCUT2D eigenvalue weighted by molar-refractivity contribution is 8.12. The summed E-state index contributed by atoms with van der Waals surface area (Å²) >= 11 is 1.51. The fraction of sp³-hybridized carbons (Fsp3) is 0.125. The Kier molecular flexibility index (Phi) is 2.98. The Morgan fingerprint density at radius 2 is 2.00 bits per heavy atom. The molecule has 2 N–H and O–H groups in total.